The molecule has 16 heavy (non-hydrogen) atoms. The molecule has 3 atom stereocenters. The van der Waals surface area contributed by atoms with Crippen molar-refractivity contribution in [2.45, 2.75) is 45.1 Å². The minimum absolute atomic E-state index is 0.121. The summed E-state index contributed by atoms with van der Waals surface area (Å²) < 4.78 is 6.00. The number of thioether (sulfide) groups is 1. The monoisotopic (exact) mass is 242 g/mol. The third-order valence-electron chi connectivity index (χ3n) is 4.13. The van der Waals surface area contributed by atoms with Crippen LogP contribution in [0.15, 0.2) is 0 Å². The first kappa shape index (κ1) is 12.4. The van der Waals surface area contributed by atoms with Crippen LogP contribution in [0.3, 0.4) is 0 Å². The molecule has 2 aliphatic rings. The summed E-state index contributed by atoms with van der Waals surface area (Å²) in [5.74, 6) is 3.57. The van der Waals surface area contributed by atoms with E-state index in [-0.39, 0.29) is 11.5 Å². The van der Waals surface area contributed by atoms with Crippen LogP contribution in [0, 0.1) is 11.8 Å². The molecule has 2 aliphatic heterocycles. The van der Waals surface area contributed by atoms with Crippen molar-refractivity contribution in [1.29, 1.82) is 0 Å². The SMILES string of the molecule is CCC(C(C)=O)C1CCOC2(CCSC2)C1. The van der Waals surface area contributed by atoms with Crippen LogP contribution < -0.4 is 0 Å². The van der Waals surface area contributed by atoms with Gasteiger partial charge >= 0.3 is 0 Å². The second-order valence-corrected chi connectivity index (χ2v) is 6.32. The van der Waals surface area contributed by atoms with Crippen LogP contribution in [0.25, 0.3) is 0 Å². The van der Waals surface area contributed by atoms with Crippen molar-refractivity contribution < 1.29 is 9.53 Å². The molecule has 0 amide bonds. The molecule has 2 heterocycles. The fraction of sp³-hybridized carbons (Fsp3) is 0.923. The van der Waals surface area contributed by atoms with Gasteiger partial charge in [-0.1, -0.05) is 6.92 Å². The Morgan fingerprint density at radius 3 is 3.00 bits per heavy atom. The molecule has 2 fully saturated rings. The summed E-state index contributed by atoms with van der Waals surface area (Å²) in [5.41, 5.74) is 0.121. The molecule has 0 aromatic rings. The Bertz CT molecular complexity index is 259. The Kier molecular flexibility index (Phi) is 3.96. The van der Waals surface area contributed by atoms with E-state index in [2.05, 4.69) is 6.92 Å². The van der Waals surface area contributed by atoms with Crippen LogP contribution >= 0.6 is 11.8 Å². The molecule has 92 valence electrons. The first-order valence-corrected chi connectivity index (χ1v) is 7.54. The summed E-state index contributed by atoms with van der Waals surface area (Å²) >= 11 is 2.00. The smallest absolute Gasteiger partial charge is 0.133 e. The Morgan fingerprint density at radius 1 is 1.62 bits per heavy atom. The van der Waals surface area contributed by atoms with Crippen LogP contribution in [0.5, 0.6) is 0 Å². The summed E-state index contributed by atoms with van der Waals surface area (Å²) in [6, 6.07) is 0. The summed E-state index contributed by atoms with van der Waals surface area (Å²) in [6.07, 6.45) is 4.36. The highest BCUT2D eigenvalue weighted by Gasteiger charge is 2.42. The van der Waals surface area contributed by atoms with E-state index in [1.54, 1.807) is 6.92 Å². The Labute approximate surface area is 103 Å². The molecule has 0 saturated carbocycles. The van der Waals surface area contributed by atoms with Gasteiger partial charge in [0.25, 0.3) is 0 Å². The van der Waals surface area contributed by atoms with Crippen molar-refractivity contribution in [2.75, 3.05) is 18.1 Å². The van der Waals surface area contributed by atoms with E-state index in [1.807, 2.05) is 11.8 Å². The van der Waals surface area contributed by atoms with Gasteiger partial charge in [0.1, 0.15) is 5.78 Å². The van der Waals surface area contributed by atoms with E-state index in [0.717, 1.165) is 31.6 Å². The van der Waals surface area contributed by atoms with Gasteiger partial charge in [-0.3, -0.25) is 4.79 Å². The van der Waals surface area contributed by atoms with Crippen molar-refractivity contribution in [3.8, 4) is 0 Å². The number of carbonyl (C=O) groups excluding carboxylic acids is 1. The van der Waals surface area contributed by atoms with Crippen molar-refractivity contribution in [3.05, 3.63) is 0 Å². The highest BCUT2D eigenvalue weighted by molar-refractivity contribution is 7.99. The van der Waals surface area contributed by atoms with Crippen LogP contribution in [0.2, 0.25) is 0 Å². The van der Waals surface area contributed by atoms with Gasteiger partial charge in [0, 0.05) is 18.3 Å². The van der Waals surface area contributed by atoms with E-state index in [1.165, 1.54) is 12.2 Å². The Morgan fingerprint density at radius 2 is 2.44 bits per heavy atom. The van der Waals surface area contributed by atoms with Crippen LogP contribution in [-0.2, 0) is 9.53 Å². The largest absolute Gasteiger partial charge is 0.374 e. The second-order valence-electron chi connectivity index (χ2n) is 5.21. The average Bonchev–Trinajstić information content (AvgIpc) is 2.67. The van der Waals surface area contributed by atoms with Crippen molar-refractivity contribution in [1.82, 2.24) is 0 Å². The lowest BCUT2D eigenvalue weighted by Crippen LogP contribution is -2.42. The lowest BCUT2D eigenvalue weighted by atomic mass is 9.76. The first-order chi connectivity index (χ1) is 7.67. The molecule has 0 aliphatic carbocycles. The van der Waals surface area contributed by atoms with Gasteiger partial charge in [0.15, 0.2) is 0 Å². The molecule has 0 aromatic carbocycles. The van der Waals surface area contributed by atoms with Crippen LogP contribution in [-0.4, -0.2) is 29.5 Å². The zero-order valence-electron chi connectivity index (χ0n) is 10.3. The Hall–Kier alpha value is -0.0200. The molecule has 0 N–H and O–H groups in total. The summed E-state index contributed by atoms with van der Waals surface area (Å²) in [4.78, 5) is 11.6. The van der Waals surface area contributed by atoms with Gasteiger partial charge < -0.3 is 4.74 Å². The second kappa shape index (κ2) is 5.09. The van der Waals surface area contributed by atoms with Gasteiger partial charge in [0.2, 0.25) is 0 Å². The van der Waals surface area contributed by atoms with Gasteiger partial charge in [0.05, 0.1) is 5.60 Å². The maximum absolute atomic E-state index is 11.6. The number of carbonyl (C=O) groups is 1. The van der Waals surface area contributed by atoms with Crippen molar-refractivity contribution in [2.24, 2.45) is 11.8 Å². The quantitative estimate of drug-likeness (QED) is 0.761. The Balaban J connectivity index is 2.03. The predicted molar refractivity (Wildman–Crippen MR) is 67.8 cm³/mol. The van der Waals surface area contributed by atoms with Crippen molar-refractivity contribution >= 4 is 17.5 Å². The maximum atomic E-state index is 11.6. The molecule has 0 bridgehead atoms. The predicted octanol–water partition coefficient (Wildman–Crippen LogP) is 2.90. The summed E-state index contributed by atoms with van der Waals surface area (Å²) in [6.45, 7) is 4.74. The summed E-state index contributed by atoms with van der Waals surface area (Å²) in [7, 11) is 0. The standard InChI is InChI=1S/C13H22O2S/c1-3-12(10(2)14)11-4-6-15-13(8-11)5-7-16-9-13/h11-12H,3-9H2,1-2H3. The van der Waals surface area contributed by atoms with Crippen LogP contribution in [0.1, 0.15) is 39.5 Å². The molecule has 3 heteroatoms. The van der Waals surface area contributed by atoms with E-state index in [4.69, 9.17) is 4.74 Å². The lowest BCUT2D eigenvalue weighted by molar-refractivity contribution is -0.128. The molecule has 2 nitrogen and oxygen atoms in total. The minimum atomic E-state index is 0.121. The van der Waals surface area contributed by atoms with Gasteiger partial charge in [-0.05, 0) is 44.3 Å². The van der Waals surface area contributed by atoms with Crippen LogP contribution in [0.4, 0.5) is 0 Å². The summed E-state index contributed by atoms with van der Waals surface area (Å²) in [5, 5.41) is 0. The minimum Gasteiger partial charge on any atom is -0.374 e. The van der Waals surface area contributed by atoms with Gasteiger partial charge in [-0.2, -0.15) is 11.8 Å². The maximum Gasteiger partial charge on any atom is 0.133 e. The normalized spacial score (nSPS) is 36.5. The van der Waals surface area contributed by atoms with E-state index >= 15 is 0 Å². The average molecular weight is 242 g/mol. The van der Waals surface area contributed by atoms with Crippen molar-refractivity contribution in [3.63, 3.8) is 0 Å². The van der Waals surface area contributed by atoms with E-state index in [0.29, 0.717) is 11.7 Å². The number of Topliss-reactive ketones (excluding diaryl/α,β-unsaturated/α-hetero) is 1. The zero-order chi connectivity index (χ0) is 11.6. The molecule has 2 saturated heterocycles. The van der Waals surface area contributed by atoms with Gasteiger partial charge in [-0.15, -0.1) is 0 Å². The number of ether oxygens (including phenoxy) is 1. The molecular weight excluding hydrogens is 220 g/mol. The fourth-order valence-electron chi connectivity index (χ4n) is 3.23. The molecule has 3 unspecified atom stereocenters. The number of rotatable bonds is 3. The number of ketones is 1. The number of hydrogen-bond donors (Lipinski definition) is 0. The zero-order valence-corrected chi connectivity index (χ0v) is 11.1. The highest BCUT2D eigenvalue weighted by Crippen LogP contribution is 2.43. The first-order valence-electron chi connectivity index (χ1n) is 6.39. The third-order valence-corrected chi connectivity index (χ3v) is 5.35. The van der Waals surface area contributed by atoms with E-state index < -0.39 is 0 Å². The fourth-order valence-corrected chi connectivity index (χ4v) is 4.60. The molecule has 2 rings (SSSR count). The highest BCUT2D eigenvalue weighted by atomic mass is 32.2. The number of hydrogen-bond acceptors (Lipinski definition) is 3. The lowest BCUT2D eigenvalue weighted by Gasteiger charge is -2.40. The van der Waals surface area contributed by atoms with E-state index in [9.17, 15) is 4.79 Å². The van der Waals surface area contributed by atoms with Gasteiger partial charge in [-0.25, -0.2) is 0 Å². The molecular formula is C13H22O2S. The molecule has 0 radical (unpaired) electrons. The molecule has 1 spiro atoms. The topological polar surface area (TPSA) is 26.3 Å². The third kappa shape index (κ3) is 2.45. The molecule has 0 aromatic heterocycles.